The van der Waals surface area contributed by atoms with Crippen LogP contribution in [0.3, 0.4) is 0 Å². The van der Waals surface area contributed by atoms with Crippen LogP contribution in [-0.2, 0) is 0 Å². The lowest BCUT2D eigenvalue weighted by atomic mass is 9.64. The Labute approximate surface area is 224 Å². The number of H-pyrrole nitrogens is 2. The monoisotopic (exact) mass is 504 g/mol. The first-order valence-corrected chi connectivity index (χ1v) is 14.7. The fourth-order valence-corrected chi connectivity index (χ4v) is 7.65. The minimum absolute atomic E-state index is 0.365. The van der Waals surface area contributed by atoms with Gasteiger partial charge in [0.2, 0.25) is 0 Å². The normalized spacial score (nSPS) is 26.2. The van der Waals surface area contributed by atoms with E-state index in [2.05, 4.69) is 68.2 Å². The molecule has 2 saturated heterocycles. The maximum atomic E-state index is 4.80. The molecule has 0 radical (unpaired) electrons. The van der Waals surface area contributed by atoms with Crippen LogP contribution >= 0.6 is 0 Å². The molecular formula is C32H36N6. The number of hydrogen-bond donors (Lipinski definition) is 4. The van der Waals surface area contributed by atoms with E-state index >= 15 is 0 Å². The first-order valence-electron chi connectivity index (χ1n) is 14.7. The van der Waals surface area contributed by atoms with Crippen molar-refractivity contribution in [3.63, 3.8) is 0 Å². The van der Waals surface area contributed by atoms with Crippen LogP contribution in [0.25, 0.3) is 33.6 Å². The van der Waals surface area contributed by atoms with Crippen molar-refractivity contribution in [2.45, 2.75) is 75.3 Å². The molecule has 5 aliphatic rings. The van der Waals surface area contributed by atoms with E-state index in [-0.39, 0.29) is 0 Å². The molecule has 6 heteroatoms. The number of imidazole rings is 2. The second kappa shape index (κ2) is 9.21. The van der Waals surface area contributed by atoms with Crippen molar-refractivity contribution >= 4 is 0 Å². The Morgan fingerprint density at radius 3 is 1.68 bits per heavy atom. The van der Waals surface area contributed by atoms with Gasteiger partial charge in [0.15, 0.2) is 0 Å². The zero-order chi connectivity index (χ0) is 25.1. The van der Waals surface area contributed by atoms with E-state index in [1.807, 2.05) is 6.20 Å². The van der Waals surface area contributed by atoms with E-state index < -0.39 is 0 Å². The summed E-state index contributed by atoms with van der Waals surface area (Å²) in [6, 6.07) is 14.6. The van der Waals surface area contributed by atoms with Gasteiger partial charge in [-0.3, -0.25) is 0 Å². The number of benzene rings is 2. The molecule has 2 aromatic carbocycles. The molecule has 6 nitrogen and oxygen atoms in total. The molecular weight excluding hydrogens is 468 g/mol. The smallest absolute Gasteiger partial charge is 0.123 e. The zero-order valence-corrected chi connectivity index (χ0v) is 21.9. The molecule has 9 rings (SSSR count). The summed E-state index contributed by atoms with van der Waals surface area (Å²) in [7, 11) is 0. The number of aromatic amines is 2. The number of nitrogens with one attached hydrogen (secondary N) is 4. The van der Waals surface area contributed by atoms with Crippen LogP contribution in [0.1, 0.15) is 98.1 Å². The van der Waals surface area contributed by atoms with Gasteiger partial charge in [0.25, 0.3) is 0 Å². The van der Waals surface area contributed by atoms with E-state index in [9.17, 15) is 0 Å². The summed E-state index contributed by atoms with van der Waals surface area (Å²) in [5.74, 6) is 3.48. The Bertz CT molecular complexity index is 1440. The standard InChI is InChI=1S/C32H36N6/c1-3-25(33-15-1)31-35-17-27(37-31)20-7-5-19(6-8-20)23-13-14-24(30-22-11-9-21(10-12-22)29(23)30)28-18-36-32(38-28)26-4-2-16-34-26/h5-8,13-14,17-18,21-22,25-26,33-34H,1-4,9-12,15-16H2,(H,35,37)(H,36,38)/t21?,22?,25-,26-/m0/s1. The minimum Gasteiger partial charge on any atom is -0.341 e. The van der Waals surface area contributed by atoms with Crippen molar-refractivity contribution in [3.8, 4) is 33.6 Å². The average molecular weight is 505 g/mol. The van der Waals surface area contributed by atoms with Crippen LogP contribution in [0.4, 0.5) is 0 Å². The third-order valence-electron chi connectivity index (χ3n) is 9.60. The second-order valence-corrected chi connectivity index (χ2v) is 11.8. The first-order chi connectivity index (χ1) is 18.8. The molecule has 1 saturated carbocycles. The summed E-state index contributed by atoms with van der Waals surface area (Å²) >= 11 is 0. The van der Waals surface area contributed by atoms with Crippen molar-refractivity contribution < 1.29 is 0 Å². The van der Waals surface area contributed by atoms with Crippen molar-refractivity contribution in [2.75, 3.05) is 13.1 Å². The minimum atomic E-state index is 0.365. The summed E-state index contributed by atoms with van der Waals surface area (Å²) in [5.41, 5.74) is 10.8. The van der Waals surface area contributed by atoms with E-state index in [1.165, 1.54) is 72.9 Å². The third kappa shape index (κ3) is 3.76. The third-order valence-corrected chi connectivity index (χ3v) is 9.60. The number of fused-ring (bicyclic) bond motifs is 2. The van der Waals surface area contributed by atoms with Crippen molar-refractivity contribution in [3.05, 3.63) is 71.6 Å². The lowest BCUT2D eigenvalue weighted by Gasteiger charge is -2.41. The highest BCUT2D eigenvalue weighted by Crippen LogP contribution is 2.55. The quantitative estimate of drug-likeness (QED) is 0.243. The van der Waals surface area contributed by atoms with Gasteiger partial charge < -0.3 is 20.6 Å². The van der Waals surface area contributed by atoms with Gasteiger partial charge in [-0.15, -0.1) is 0 Å². The van der Waals surface area contributed by atoms with Crippen LogP contribution in [0, 0.1) is 0 Å². The number of hydrogen-bond acceptors (Lipinski definition) is 4. The van der Waals surface area contributed by atoms with E-state index in [1.54, 1.807) is 11.1 Å². The van der Waals surface area contributed by atoms with E-state index in [0.29, 0.717) is 23.9 Å². The molecule has 0 spiro atoms. The predicted molar refractivity (Wildman–Crippen MR) is 151 cm³/mol. The molecule has 0 amide bonds. The topological polar surface area (TPSA) is 81.4 Å². The Balaban J connectivity index is 1.14. The number of nitrogens with zero attached hydrogens (tertiary/aromatic N) is 2. The van der Waals surface area contributed by atoms with E-state index in [0.717, 1.165) is 36.9 Å². The molecule has 38 heavy (non-hydrogen) atoms. The van der Waals surface area contributed by atoms with Gasteiger partial charge in [0.05, 0.1) is 35.9 Å². The maximum Gasteiger partial charge on any atom is 0.123 e. The van der Waals surface area contributed by atoms with Crippen LogP contribution in [-0.4, -0.2) is 33.0 Å². The molecule has 4 aromatic rings. The Morgan fingerprint density at radius 1 is 0.553 bits per heavy atom. The zero-order valence-electron chi connectivity index (χ0n) is 21.9. The molecule has 2 aliphatic heterocycles. The molecule has 4 heterocycles. The van der Waals surface area contributed by atoms with E-state index in [4.69, 9.17) is 4.98 Å². The van der Waals surface area contributed by atoms with Crippen LogP contribution in [0.5, 0.6) is 0 Å². The first kappa shape index (κ1) is 22.7. The maximum absolute atomic E-state index is 4.80. The molecule has 3 fully saturated rings. The average Bonchev–Trinajstić information content (AvgIpc) is 3.80. The van der Waals surface area contributed by atoms with Crippen molar-refractivity contribution in [1.29, 1.82) is 0 Å². The van der Waals surface area contributed by atoms with Gasteiger partial charge in [-0.2, -0.15) is 0 Å². The largest absolute Gasteiger partial charge is 0.341 e. The van der Waals surface area contributed by atoms with Crippen molar-refractivity contribution in [2.24, 2.45) is 0 Å². The van der Waals surface area contributed by atoms with Gasteiger partial charge in [-0.05, 0) is 104 Å². The Hall–Kier alpha value is -3.22. The van der Waals surface area contributed by atoms with Gasteiger partial charge in [0.1, 0.15) is 11.6 Å². The highest BCUT2D eigenvalue weighted by atomic mass is 15.0. The molecule has 0 unspecified atom stereocenters. The van der Waals surface area contributed by atoms with Gasteiger partial charge in [-0.25, -0.2) is 9.97 Å². The molecule has 2 aromatic heterocycles. The molecule has 2 bridgehead atoms. The summed E-state index contributed by atoms with van der Waals surface area (Å²) in [4.78, 5) is 16.7. The fraction of sp³-hybridized carbons (Fsp3) is 0.438. The number of rotatable bonds is 5. The van der Waals surface area contributed by atoms with Gasteiger partial charge in [-0.1, -0.05) is 36.4 Å². The lowest BCUT2D eigenvalue weighted by Crippen LogP contribution is -2.23. The summed E-state index contributed by atoms with van der Waals surface area (Å²) in [6.45, 7) is 2.17. The predicted octanol–water partition coefficient (Wildman–Crippen LogP) is 6.74. The second-order valence-electron chi connectivity index (χ2n) is 11.8. The molecule has 4 N–H and O–H groups in total. The SMILES string of the molecule is c1cc(-c2ccc(-c3cnc([C@@H]4CCCN4)[nH]3)c3c2C2CCC3CC2)ccc1-c1cnc([C@@H]2CCCN2)[nH]1. The summed E-state index contributed by atoms with van der Waals surface area (Å²) in [6.07, 6.45) is 14.1. The molecule has 3 aliphatic carbocycles. The molecule has 2 atom stereocenters. The summed E-state index contributed by atoms with van der Waals surface area (Å²) in [5, 5.41) is 7.13. The Kier molecular flexibility index (Phi) is 5.51. The summed E-state index contributed by atoms with van der Waals surface area (Å²) < 4.78 is 0. The van der Waals surface area contributed by atoms with Crippen LogP contribution in [0.2, 0.25) is 0 Å². The lowest BCUT2D eigenvalue weighted by molar-refractivity contribution is 0.360. The highest BCUT2D eigenvalue weighted by molar-refractivity contribution is 5.79. The highest BCUT2D eigenvalue weighted by Gasteiger charge is 2.37. The van der Waals surface area contributed by atoms with Crippen molar-refractivity contribution in [1.82, 2.24) is 30.6 Å². The van der Waals surface area contributed by atoms with Crippen LogP contribution < -0.4 is 10.6 Å². The molecule has 194 valence electrons. The Morgan fingerprint density at radius 2 is 1.08 bits per heavy atom. The number of aromatic nitrogens is 4. The fourth-order valence-electron chi connectivity index (χ4n) is 7.65. The van der Waals surface area contributed by atoms with Crippen LogP contribution in [0.15, 0.2) is 48.8 Å². The van der Waals surface area contributed by atoms with Gasteiger partial charge >= 0.3 is 0 Å². The van der Waals surface area contributed by atoms with Gasteiger partial charge in [0, 0.05) is 5.56 Å².